The van der Waals surface area contributed by atoms with Crippen LogP contribution in [0.3, 0.4) is 0 Å². The molecule has 1 atom stereocenters. The van der Waals surface area contributed by atoms with Crippen molar-refractivity contribution in [2.45, 2.75) is 32.7 Å². The lowest BCUT2D eigenvalue weighted by molar-refractivity contribution is -0.141. The summed E-state index contributed by atoms with van der Waals surface area (Å²) in [5.41, 5.74) is 9.82. The van der Waals surface area contributed by atoms with Crippen LogP contribution in [0.2, 0.25) is 19.6 Å². The molecule has 114 valence electrons. The predicted octanol–water partition coefficient (Wildman–Crippen LogP) is 3.58. The molecule has 21 heavy (non-hydrogen) atoms. The van der Waals surface area contributed by atoms with Crippen molar-refractivity contribution in [3.05, 3.63) is 39.8 Å². The van der Waals surface area contributed by atoms with Crippen molar-refractivity contribution in [3.63, 3.8) is 0 Å². The van der Waals surface area contributed by atoms with E-state index in [1.807, 2.05) is 43.9 Å². The van der Waals surface area contributed by atoms with Crippen molar-refractivity contribution in [3.8, 4) is 0 Å². The maximum absolute atomic E-state index is 12.0. The molecule has 1 aromatic rings. The molecule has 0 aliphatic carbocycles. The highest BCUT2D eigenvalue weighted by atomic mass is 79.9. The van der Waals surface area contributed by atoms with Crippen LogP contribution in [0.4, 0.5) is 0 Å². The largest absolute Gasteiger partial charge is 0.457 e. The molecular weight excluding hydrogens is 352 g/mol. The summed E-state index contributed by atoms with van der Waals surface area (Å²) in [6.45, 7) is 7.90. The van der Waals surface area contributed by atoms with Gasteiger partial charge in [0.15, 0.2) is 14.4 Å². The maximum atomic E-state index is 12.0. The van der Waals surface area contributed by atoms with E-state index in [-0.39, 0.29) is 12.3 Å². The smallest absolute Gasteiger partial charge is 0.420 e. The molecule has 0 spiro atoms. The minimum atomic E-state index is -1.98. The standard InChI is InChI=1S/C14H19BrN2O3Si/c1-5-19-14(18)12(17-16)13(20-21(2,3)4)10-6-8-11(15)9-7-10/h6-9,13H,5H2,1-4H3. The van der Waals surface area contributed by atoms with E-state index in [9.17, 15) is 10.3 Å². The first-order chi connectivity index (χ1) is 9.78. The molecule has 0 saturated heterocycles. The lowest BCUT2D eigenvalue weighted by Gasteiger charge is -2.23. The average molecular weight is 371 g/mol. The van der Waals surface area contributed by atoms with E-state index in [0.29, 0.717) is 0 Å². The van der Waals surface area contributed by atoms with Crippen LogP contribution in [-0.2, 0) is 14.0 Å². The number of nitrogens with zero attached hydrogens (tertiary/aromatic N) is 2. The summed E-state index contributed by atoms with van der Waals surface area (Å²) in [6, 6.07) is 7.32. The topological polar surface area (TPSA) is 71.9 Å². The molecule has 0 amide bonds. The fourth-order valence-corrected chi connectivity index (χ4v) is 2.90. The Morgan fingerprint density at radius 2 is 1.90 bits per heavy atom. The number of carbonyl (C=O) groups is 1. The van der Waals surface area contributed by atoms with Gasteiger partial charge in [-0.15, -0.1) is 0 Å². The Balaban J connectivity index is 3.21. The van der Waals surface area contributed by atoms with Gasteiger partial charge < -0.3 is 14.7 Å². The van der Waals surface area contributed by atoms with Crippen LogP contribution < -0.4 is 0 Å². The zero-order chi connectivity index (χ0) is 16.0. The summed E-state index contributed by atoms with van der Waals surface area (Å²) < 4.78 is 11.9. The maximum Gasteiger partial charge on any atom is 0.420 e. The molecule has 5 nitrogen and oxygen atoms in total. The molecule has 0 aromatic heterocycles. The quantitative estimate of drug-likeness (QED) is 0.252. The van der Waals surface area contributed by atoms with Gasteiger partial charge in [0, 0.05) is 4.47 Å². The number of benzene rings is 1. The number of halogens is 1. The summed E-state index contributed by atoms with van der Waals surface area (Å²) in [7, 11) is -1.98. The van der Waals surface area contributed by atoms with Crippen LogP contribution in [-0.4, -0.2) is 31.4 Å². The molecule has 1 rings (SSSR count). The Kier molecular flexibility index (Phi) is 6.48. The first-order valence-electron chi connectivity index (χ1n) is 6.61. The second kappa shape index (κ2) is 7.65. The average Bonchev–Trinajstić information content (AvgIpc) is 2.38. The number of hydrogen-bond acceptors (Lipinski definition) is 3. The third-order valence-corrected chi connectivity index (χ3v) is 3.96. The zero-order valence-corrected chi connectivity index (χ0v) is 15.2. The Bertz CT molecular complexity index is 548. The number of rotatable bonds is 6. The van der Waals surface area contributed by atoms with E-state index >= 15 is 0 Å². The molecule has 0 aliphatic heterocycles. The zero-order valence-electron chi connectivity index (χ0n) is 12.6. The van der Waals surface area contributed by atoms with Gasteiger partial charge in [-0.3, -0.25) is 0 Å². The molecule has 0 fully saturated rings. The van der Waals surface area contributed by atoms with Gasteiger partial charge in [0.25, 0.3) is 0 Å². The summed E-state index contributed by atoms with van der Waals surface area (Å²) in [5, 5.41) is 0. The molecule has 0 N–H and O–H groups in total. The van der Waals surface area contributed by atoms with Gasteiger partial charge in [-0.2, -0.15) is 4.79 Å². The van der Waals surface area contributed by atoms with E-state index in [2.05, 4.69) is 20.7 Å². The van der Waals surface area contributed by atoms with Crippen LogP contribution in [0.1, 0.15) is 18.6 Å². The molecule has 0 saturated carbocycles. The van der Waals surface area contributed by atoms with Crippen LogP contribution in [0.25, 0.3) is 5.53 Å². The fraction of sp³-hybridized carbons (Fsp3) is 0.429. The van der Waals surface area contributed by atoms with E-state index < -0.39 is 20.4 Å². The molecule has 0 bridgehead atoms. The first kappa shape index (κ1) is 17.8. The first-order valence-corrected chi connectivity index (χ1v) is 10.8. The van der Waals surface area contributed by atoms with E-state index in [4.69, 9.17) is 9.16 Å². The Morgan fingerprint density at radius 1 is 1.33 bits per heavy atom. The molecule has 0 aliphatic rings. The lowest BCUT2D eigenvalue weighted by atomic mass is 10.1. The summed E-state index contributed by atoms with van der Waals surface area (Å²) in [6.07, 6.45) is -0.742. The highest BCUT2D eigenvalue weighted by Crippen LogP contribution is 2.25. The van der Waals surface area contributed by atoms with Gasteiger partial charge >= 0.3 is 11.7 Å². The van der Waals surface area contributed by atoms with Crippen LogP contribution in [0, 0.1) is 0 Å². The SMILES string of the molecule is CCOC(=O)C(=[N+]=[N-])C(O[Si](C)(C)C)c1ccc(Br)cc1. The van der Waals surface area contributed by atoms with Gasteiger partial charge in [-0.05, 0) is 44.3 Å². The summed E-state index contributed by atoms with van der Waals surface area (Å²) in [5.74, 6) is -0.675. The second-order valence-electron chi connectivity index (χ2n) is 5.37. The predicted molar refractivity (Wildman–Crippen MR) is 86.6 cm³/mol. The van der Waals surface area contributed by atoms with E-state index in [0.717, 1.165) is 10.0 Å². The Labute approximate surface area is 134 Å². The Morgan fingerprint density at radius 3 is 2.33 bits per heavy atom. The van der Waals surface area contributed by atoms with Gasteiger partial charge in [0.1, 0.15) is 0 Å². The molecule has 0 radical (unpaired) electrons. The molecule has 1 unspecified atom stereocenters. The van der Waals surface area contributed by atoms with Crippen molar-refractivity contribution in [2.75, 3.05) is 6.61 Å². The van der Waals surface area contributed by atoms with E-state index in [1.54, 1.807) is 6.92 Å². The van der Waals surface area contributed by atoms with Crippen LogP contribution in [0.5, 0.6) is 0 Å². The number of esters is 1. The van der Waals surface area contributed by atoms with Gasteiger partial charge in [-0.1, -0.05) is 28.1 Å². The number of carbonyl (C=O) groups excluding carboxylic acids is 1. The van der Waals surface area contributed by atoms with Crippen LogP contribution >= 0.6 is 15.9 Å². The lowest BCUT2D eigenvalue weighted by Crippen LogP contribution is -2.35. The van der Waals surface area contributed by atoms with Crippen molar-refractivity contribution < 1.29 is 18.7 Å². The number of ether oxygens (including phenoxy) is 1. The highest BCUT2D eigenvalue weighted by Gasteiger charge is 2.38. The third-order valence-electron chi connectivity index (χ3n) is 2.48. The number of hydrogen-bond donors (Lipinski definition) is 0. The minimum Gasteiger partial charge on any atom is -0.457 e. The van der Waals surface area contributed by atoms with Crippen molar-refractivity contribution >= 4 is 35.9 Å². The van der Waals surface area contributed by atoms with Gasteiger partial charge in [0.05, 0.1) is 6.61 Å². The van der Waals surface area contributed by atoms with Crippen LogP contribution in [0.15, 0.2) is 28.7 Å². The normalized spacial score (nSPS) is 12.4. The summed E-state index contributed by atoms with van der Waals surface area (Å²) in [4.78, 5) is 15.1. The third kappa shape index (κ3) is 5.55. The molecular formula is C14H19BrN2O3Si. The van der Waals surface area contributed by atoms with Crippen molar-refractivity contribution in [1.29, 1.82) is 0 Å². The van der Waals surface area contributed by atoms with E-state index in [1.165, 1.54) is 0 Å². The van der Waals surface area contributed by atoms with Crippen molar-refractivity contribution in [2.24, 2.45) is 0 Å². The van der Waals surface area contributed by atoms with Crippen molar-refractivity contribution in [1.82, 2.24) is 0 Å². The van der Waals surface area contributed by atoms with Gasteiger partial charge in [-0.25, -0.2) is 4.79 Å². The monoisotopic (exact) mass is 370 g/mol. The van der Waals surface area contributed by atoms with Gasteiger partial charge in [0.2, 0.25) is 0 Å². The molecule has 0 heterocycles. The fourth-order valence-electron chi connectivity index (χ4n) is 1.68. The molecule has 7 heteroatoms. The Hall–Kier alpha value is -1.27. The molecule has 1 aromatic carbocycles. The summed E-state index contributed by atoms with van der Waals surface area (Å²) >= 11 is 3.36. The second-order valence-corrected chi connectivity index (χ2v) is 10.7. The minimum absolute atomic E-state index is 0.137. The highest BCUT2D eigenvalue weighted by molar-refractivity contribution is 9.10.